The first kappa shape index (κ1) is 25.0. The fraction of sp³-hybridized carbons (Fsp3) is 0.679. The minimum absolute atomic E-state index is 0.0677. The molecule has 4 unspecified atom stereocenters. The zero-order valence-corrected chi connectivity index (χ0v) is 20.6. The molecule has 0 N–H and O–H groups in total. The van der Waals surface area contributed by atoms with Crippen molar-refractivity contribution in [3.63, 3.8) is 0 Å². The molecule has 0 saturated carbocycles. The van der Waals surface area contributed by atoms with E-state index in [4.69, 9.17) is 9.47 Å². The van der Waals surface area contributed by atoms with Crippen molar-refractivity contribution in [3.05, 3.63) is 47.6 Å². The number of piperidine rings is 1. The van der Waals surface area contributed by atoms with Gasteiger partial charge in [0.15, 0.2) is 0 Å². The van der Waals surface area contributed by atoms with Crippen LogP contribution in [0, 0.1) is 17.8 Å². The van der Waals surface area contributed by atoms with E-state index in [9.17, 15) is 4.79 Å². The maximum absolute atomic E-state index is 12.8. The number of rotatable bonds is 10. The van der Waals surface area contributed by atoms with Gasteiger partial charge in [0.25, 0.3) is 0 Å². The Hall–Kier alpha value is -1.65. The van der Waals surface area contributed by atoms with Crippen LogP contribution in [0.4, 0.5) is 0 Å². The molecular formula is C28H43NO3. The van der Waals surface area contributed by atoms with Crippen LogP contribution in [0.5, 0.6) is 0 Å². The highest BCUT2D eigenvalue weighted by molar-refractivity contribution is 5.76. The molecule has 0 radical (unpaired) electrons. The van der Waals surface area contributed by atoms with Crippen molar-refractivity contribution in [1.29, 1.82) is 0 Å². The molecule has 0 amide bonds. The van der Waals surface area contributed by atoms with Crippen molar-refractivity contribution in [2.45, 2.75) is 77.9 Å². The van der Waals surface area contributed by atoms with E-state index in [0.717, 1.165) is 39.0 Å². The van der Waals surface area contributed by atoms with Crippen LogP contribution in [-0.2, 0) is 14.3 Å². The van der Waals surface area contributed by atoms with Gasteiger partial charge in [0.1, 0.15) is 6.10 Å². The molecule has 4 heteroatoms. The maximum atomic E-state index is 12.8. The summed E-state index contributed by atoms with van der Waals surface area (Å²) >= 11 is 0. The van der Waals surface area contributed by atoms with Crippen molar-refractivity contribution >= 4 is 5.97 Å². The first-order valence-electron chi connectivity index (χ1n) is 12.8. The van der Waals surface area contributed by atoms with Crippen LogP contribution in [0.2, 0.25) is 0 Å². The van der Waals surface area contributed by atoms with Crippen LogP contribution in [0.25, 0.3) is 0 Å². The van der Waals surface area contributed by atoms with Crippen LogP contribution >= 0.6 is 0 Å². The maximum Gasteiger partial charge on any atom is 0.313 e. The predicted molar refractivity (Wildman–Crippen MR) is 131 cm³/mol. The summed E-state index contributed by atoms with van der Waals surface area (Å²) in [6.45, 7) is 9.43. The number of carbonyl (C=O) groups is 1. The molecule has 1 aliphatic heterocycles. The molecule has 3 aliphatic rings. The molecule has 1 saturated heterocycles. The smallest absolute Gasteiger partial charge is 0.313 e. The van der Waals surface area contributed by atoms with Gasteiger partial charge in [0.05, 0.1) is 12.0 Å². The van der Waals surface area contributed by atoms with E-state index < -0.39 is 0 Å². The molecule has 178 valence electrons. The van der Waals surface area contributed by atoms with Crippen molar-refractivity contribution < 1.29 is 14.3 Å². The van der Waals surface area contributed by atoms with Crippen LogP contribution in [0.15, 0.2) is 47.6 Å². The van der Waals surface area contributed by atoms with Crippen molar-refractivity contribution in [1.82, 2.24) is 4.90 Å². The van der Waals surface area contributed by atoms with Crippen LogP contribution in [0.1, 0.15) is 65.7 Å². The van der Waals surface area contributed by atoms with E-state index in [1.54, 1.807) is 0 Å². The minimum atomic E-state index is -0.187. The third kappa shape index (κ3) is 7.18. The van der Waals surface area contributed by atoms with Crippen LogP contribution in [-0.4, -0.2) is 49.8 Å². The zero-order chi connectivity index (χ0) is 22.9. The number of hydrogen-bond acceptors (Lipinski definition) is 4. The summed E-state index contributed by atoms with van der Waals surface area (Å²) < 4.78 is 12.0. The summed E-state index contributed by atoms with van der Waals surface area (Å²) in [6.07, 6.45) is 21.5. The van der Waals surface area contributed by atoms with Gasteiger partial charge in [-0.15, -0.1) is 0 Å². The zero-order valence-electron chi connectivity index (χ0n) is 20.6. The Bertz CT molecular complexity index is 727. The fourth-order valence-electron chi connectivity index (χ4n) is 4.79. The van der Waals surface area contributed by atoms with Gasteiger partial charge >= 0.3 is 5.97 Å². The number of allylic oxidation sites excluding steroid dienone is 5. The topological polar surface area (TPSA) is 38.8 Å². The number of hydrogen-bond donors (Lipinski definition) is 0. The highest BCUT2D eigenvalue weighted by Gasteiger charge is 2.29. The van der Waals surface area contributed by atoms with E-state index >= 15 is 0 Å². The van der Waals surface area contributed by atoms with E-state index in [1.807, 2.05) is 6.08 Å². The number of unbranched alkanes of at least 4 members (excludes halogenated alkanes) is 4. The third-order valence-electron chi connectivity index (χ3n) is 7.03. The average Bonchev–Trinajstić information content (AvgIpc) is 2.78. The lowest BCUT2D eigenvalue weighted by Gasteiger charge is -2.31. The Morgan fingerprint density at radius 1 is 0.969 bits per heavy atom. The van der Waals surface area contributed by atoms with E-state index in [0.29, 0.717) is 5.92 Å². The molecule has 0 aromatic carbocycles. The Morgan fingerprint density at radius 3 is 2.28 bits per heavy atom. The summed E-state index contributed by atoms with van der Waals surface area (Å²) in [6, 6.07) is 0. The SMILES string of the molecule is CCCCCCCOC1C=CC(C2=CC(C)C(C(=O)OC3CCN(C)CC3)C=C2)=CC1C. The highest BCUT2D eigenvalue weighted by Crippen LogP contribution is 2.32. The van der Waals surface area contributed by atoms with E-state index in [2.05, 4.69) is 63.1 Å². The molecule has 3 rings (SSSR count). The normalized spacial score (nSPS) is 29.0. The summed E-state index contributed by atoms with van der Waals surface area (Å²) in [5.41, 5.74) is 2.42. The van der Waals surface area contributed by atoms with Crippen LogP contribution < -0.4 is 0 Å². The summed E-state index contributed by atoms with van der Waals surface area (Å²) in [5, 5.41) is 0. The molecule has 1 heterocycles. The van der Waals surface area contributed by atoms with Gasteiger partial charge in [-0.25, -0.2) is 0 Å². The second kappa shape index (κ2) is 12.6. The van der Waals surface area contributed by atoms with Gasteiger partial charge in [0, 0.05) is 25.6 Å². The molecule has 0 aromatic rings. The van der Waals surface area contributed by atoms with Gasteiger partial charge in [-0.2, -0.15) is 0 Å². The molecular weight excluding hydrogens is 398 g/mol. The van der Waals surface area contributed by atoms with Crippen LogP contribution in [0.3, 0.4) is 0 Å². The Kier molecular flexibility index (Phi) is 9.80. The lowest BCUT2D eigenvalue weighted by molar-refractivity contribution is -0.155. The largest absolute Gasteiger partial charge is 0.462 e. The van der Waals surface area contributed by atoms with Gasteiger partial charge in [-0.3, -0.25) is 4.79 Å². The number of nitrogens with zero attached hydrogens (tertiary/aromatic N) is 1. The molecule has 1 fully saturated rings. The van der Waals surface area contributed by atoms with E-state index in [-0.39, 0.29) is 30.0 Å². The van der Waals surface area contributed by atoms with Gasteiger partial charge in [-0.05, 0) is 43.4 Å². The Morgan fingerprint density at radius 2 is 1.62 bits per heavy atom. The monoisotopic (exact) mass is 441 g/mol. The number of esters is 1. The van der Waals surface area contributed by atoms with Gasteiger partial charge in [0.2, 0.25) is 0 Å². The van der Waals surface area contributed by atoms with Gasteiger partial charge < -0.3 is 14.4 Å². The average molecular weight is 442 g/mol. The molecule has 4 atom stereocenters. The first-order chi connectivity index (χ1) is 15.5. The predicted octanol–water partition coefficient (Wildman–Crippen LogP) is 5.86. The molecule has 2 aliphatic carbocycles. The molecule has 0 aromatic heterocycles. The lowest BCUT2D eigenvalue weighted by atomic mass is 9.82. The molecule has 4 nitrogen and oxygen atoms in total. The number of carbonyl (C=O) groups excluding carboxylic acids is 1. The summed E-state index contributed by atoms with van der Waals surface area (Å²) in [7, 11) is 2.12. The number of ether oxygens (including phenoxy) is 2. The third-order valence-corrected chi connectivity index (χ3v) is 7.03. The van der Waals surface area contributed by atoms with Crippen molar-refractivity contribution in [3.8, 4) is 0 Å². The number of likely N-dealkylation sites (tertiary alicyclic amines) is 1. The highest BCUT2D eigenvalue weighted by atomic mass is 16.5. The standard InChI is InChI=1S/C28H43NO3/c1-5-6-7-8-9-18-31-27-13-11-24(20-22(27)3)23-10-12-26(21(2)19-23)28(30)32-25-14-16-29(4)17-15-25/h10-13,19-22,25-27H,5-9,14-18H2,1-4H3. The van der Waals surface area contributed by atoms with Crippen molar-refractivity contribution in [2.24, 2.45) is 17.8 Å². The van der Waals surface area contributed by atoms with E-state index in [1.165, 1.54) is 36.8 Å². The lowest BCUT2D eigenvalue weighted by Crippen LogP contribution is -2.37. The summed E-state index contributed by atoms with van der Waals surface area (Å²) in [5.74, 6) is 0.221. The fourth-order valence-corrected chi connectivity index (χ4v) is 4.79. The summed E-state index contributed by atoms with van der Waals surface area (Å²) in [4.78, 5) is 15.0. The minimum Gasteiger partial charge on any atom is -0.462 e. The Labute approximate surface area is 195 Å². The first-order valence-corrected chi connectivity index (χ1v) is 12.8. The molecule has 32 heavy (non-hydrogen) atoms. The molecule has 0 spiro atoms. The second-order valence-electron chi connectivity index (χ2n) is 9.90. The Balaban J connectivity index is 1.47. The van der Waals surface area contributed by atoms with Gasteiger partial charge in [-0.1, -0.05) is 82.9 Å². The van der Waals surface area contributed by atoms with Crippen molar-refractivity contribution in [2.75, 3.05) is 26.7 Å². The quantitative estimate of drug-likeness (QED) is 0.314. The molecule has 0 bridgehead atoms. The second-order valence-corrected chi connectivity index (χ2v) is 9.90.